The van der Waals surface area contributed by atoms with Crippen LogP contribution in [-0.2, 0) is 4.79 Å². The third-order valence-corrected chi connectivity index (χ3v) is 7.33. The minimum atomic E-state index is -0.400. The van der Waals surface area contributed by atoms with Crippen LogP contribution in [0.1, 0.15) is 16.8 Å². The molecule has 0 fully saturated rings. The monoisotopic (exact) mass is 476 g/mol. The highest BCUT2D eigenvalue weighted by Crippen LogP contribution is 2.32. The van der Waals surface area contributed by atoms with E-state index >= 15 is 0 Å². The maximum Gasteiger partial charge on any atom is 0.236 e. The van der Waals surface area contributed by atoms with E-state index in [2.05, 4.69) is 21.6 Å². The number of para-hydroxylation sites is 1. The molecule has 0 aliphatic heterocycles. The molecule has 2 aromatic carbocycles. The summed E-state index contributed by atoms with van der Waals surface area (Å²) in [7, 11) is 0. The number of nitrogens with one attached hydrogen (secondary N) is 1. The molecule has 0 bridgehead atoms. The van der Waals surface area contributed by atoms with E-state index in [0.29, 0.717) is 22.2 Å². The highest BCUT2D eigenvalue weighted by molar-refractivity contribution is 7.99. The van der Waals surface area contributed by atoms with Gasteiger partial charge in [-0.25, -0.2) is 4.39 Å². The Morgan fingerprint density at radius 3 is 2.82 bits per heavy atom. The number of carbonyl (C=O) groups is 1. The quantitative estimate of drug-likeness (QED) is 0.357. The molecule has 10 heteroatoms. The van der Waals surface area contributed by atoms with E-state index in [1.165, 1.54) is 35.2 Å². The SMILES string of the molecule is Cc1c(C#N)c(NC(=O)CSc2nnc3sc4ccccc4n23)n(-c2cccc(F)c2)c1C. The number of anilines is 1. The Hall–Kier alpha value is -3.68. The average Bonchev–Trinajstić information content (AvgIpc) is 3.43. The fourth-order valence-corrected chi connectivity index (χ4v) is 5.51. The van der Waals surface area contributed by atoms with Crippen LogP contribution in [0.3, 0.4) is 0 Å². The Labute approximate surface area is 196 Å². The van der Waals surface area contributed by atoms with Crippen LogP contribution in [0.4, 0.5) is 10.2 Å². The maximum atomic E-state index is 13.9. The molecule has 0 saturated carbocycles. The van der Waals surface area contributed by atoms with Gasteiger partial charge >= 0.3 is 0 Å². The Morgan fingerprint density at radius 2 is 2.03 bits per heavy atom. The second-order valence-electron chi connectivity index (χ2n) is 7.37. The van der Waals surface area contributed by atoms with Crippen molar-refractivity contribution in [2.75, 3.05) is 11.1 Å². The molecule has 0 aliphatic carbocycles. The molecule has 3 aromatic heterocycles. The second-order valence-corrected chi connectivity index (χ2v) is 9.32. The number of rotatable bonds is 5. The number of nitriles is 1. The van der Waals surface area contributed by atoms with Gasteiger partial charge in [0.15, 0.2) is 5.16 Å². The summed E-state index contributed by atoms with van der Waals surface area (Å²) in [6, 6.07) is 16.1. The summed E-state index contributed by atoms with van der Waals surface area (Å²) in [6.45, 7) is 3.64. The second kappa shape index (κ2) is 8.35. The molecule has 5 aromatic rings. The number of nitrogens with zero attached hydrogens (tertiary/aromatic N) is 5. The van der Waals surface area contributed by atoms with Crippen LogP contribution < -0.4 is 5.32 Å². The van der Waals surface area contributed by atoms with Crippen LogP contribution in [0.5, 0.6) is 0 Å². The average molecular weight is 477 g/mol. The van der Waals surface area contributed by atoms with Gasteiger partial charge in [0.05, 0.1) is 27.2 Å². The first-order valence-electron chi connectivity index (χ1n) is 10.0. The van der Waals surface area contributed by atoms with E-state index < -0.39 is 5.82 Å². The molecule has 33 heavy (non-hydrogen) atoms. The molecule has 0 saturated heterocycles. The highest BCUT2D eigenvalue weighted by atomic mass is 32.2. The van der Waals surface area contributed by atoms with E-state index in [4.69, 9.17) is 0 Å². The molecule has 7 nitrogen and oxygen atoms in total. The summed E-state index contributed by atoms with van der Waals surface area (Å²) in [5.41, 5.74) is 3.36. The molecule has 3 heterocycles. The van der Waals surface area contributed by atoms with Gasteiger partial charge in [-0.05, 0) is 49.7 Å². The smallest absolute Gasteiger partial charge is 0.236 e. The van der Waals surface area contributed by atoms with Crippen molar-refractivity contribution in [1.82, 2.24) is 19.2 Å². The predicted octanol–water partition coefficient (Wildman–Crippen LogP) is 5.09. The lowest BCUT2D eigenvalue weighted by molar-refractivity contribution is -0.113. The minimum Gasteiger partial charge on any atom is -0.310 e. The van der Waals surface area contributed by atoms with E-state index in [9.17, 15) is 14.4 Å². The van der Waals surface area contributed by atoms with Crippen molar-refractivity contribution < 1.29 is 9.18 Å². The summed E-state index contributed by atoms with van der Waals surface area (Å²) >= 11 is 2.80. The predicted molar refractivity (Wildman–Crippen MR) is 128 cm³/mol. The van der Waals surface area contributed by atoms with E-state index in [1.807, 2.05) is 42.5 Å². The molecule has 0 atom stereocenters. The third kappa shape index (κ3) is 3.65. The topological polar surface area (TPSA) is 88.0 Å². The molecule has 0 spiro atoms. The molecule has 0 radical (unpaired) electrons. The third-order valence-electron chi connectivity index (χ3n) is 5.39. The number of halogens is 1. The number of thioether (sulfide) groups is 1. The maximum absolute atomic E-state index is 13.9. The van der Waals surface area contributed by atoms with Gasteiger partial charge in [0.25, 0.3) is 0 Å². The molecule has 164 valence electrons. The lowest BCUT2D eigenvalue weighted by Crippen LogP contribution is -2.18. The van der Waals surface area contributed by atoms with Crippen LogP contribution in [0, 0.1) is 31.0 Å². The first-order valence-corrected chi connectivity index (χ1v) is 11.8. The normalized spacial score (nSPS) is 11.2. The van der Waals surface area contributed by atoms with Gasteiger partial charge in [-0.2, -0.15) is 5.26 Å². The van der Waals surface area contributed by atoms with Gasteiger partial charge in [0, 0.05) is 5.69 Å². The van der Waals surface area contributed by atoms with E-state index in [0.717, 1.165) is 26.4 Å². The molecule has 1 N–H and O–H groups in total. The van der Waals surface area contributed by atoms with Crippen molar-refractivity contribution >= 4 is 50.0 Å². The van der Waals surface area contributed by atoms with Crippen molar-refractivity contribution in [2.45, 2.75) is 19.0 Å². The first kappa shape index (κ1) is 21.2. The summed E-state index contributed by atoms with van der Waals surface area (Å²) in [5.74, 6) is -0.301. The number of amides is 1. The van der Waals surface area contributed by atoms with Gasteiger partial charge in [-0.3, -0.25) is 13.8 Å². The Bertz CT molecular complexity index is 1580. The number of thiazole rings is 1. The fourth-order valence-electron chi connectivity index (χ4n) is 3.75. The van der Waals surface area contributed by atoms with Crippen molar-refractivity contribution in [2.24, 2.45) is 0 Å². The number of fused-ring (bicyclic) bond motifs is 3. The summed E-state index contributed by atoms with van der Waals surface area (Å²) in [4.78, 5) is 13.7. The first-order chi connectivity index (χ1) is 16.0. The Balaban J connectivity index is 1.43. The zero-order valence-corrected chi connectivity index (χ0v) is 19.3. The summed E-state index contributed by atoms with van der Waals surface area (Å²) in [6.07, 6.45) is 0. The van der Waals surface area contributed by atoms with E-state index in [1.54, 1.807) is 16.7 Å². The van der Waals surface area contributed by atoms with Gasteiger partial charge in [0.1, 0.15) is 17.7 Å². The number of benzene rings is 2. The Kier molecular flexibility index (Phi) is 5.36. The summed E-state index contributed by atoms with van der Waals surface area (Å²) in [5, 5.41) is 21.6. The lowest BCUT2D eigenvalue weighted by Gasteiger charge is -2.13. The highest BCUT2D eigenvalue weighted by Gasteiger charge is 2.22. The van der Waals surface area contributed by atoms with Gasteiger partial charge in [-0.1, -0.05) is 41.3 Å². The molecule has 1 amide bonds. The van der Waals surface area contributed by atoms with Crippen LogP contribution in [0.2, 0.25) is 0 Å². The lowest BCUT2D eigenvalue weighted by atomic mass is 10.2. The standard InChI is InChI=1S/C23H17FN6OS2/c1-13-14(2)29(16-7-5-6-15(24)10-16)21(17(13)11-25)26-20(31)12-32-22-27-28-23-30(22)18-8-3-4-9-19(18)33-23/h3-10H,12H2,1-2H3,(H,26,31). The van der Waals surface area contributed by atoms with Crippen LogP contribution in [0.25, 0.3) is 20.9 Å². The molecular weight excluding hydrogens is 459 g/mol. The van der Waals surface area contributed by atoms with Crippen molar-refractivity contribution in [1.29, 1.82) is 5.26 Å². The van der Waals surface area contributed by atoms with Gasteiger partial charge < -0.3 is 5.32 Å². The van der Waals surface area contributed by atoms with Gasteiger partial charge in [-0.15, -0.1) is 10.2 Å². The molecular formula is C23H17FN6OS2. The number of aromatic nitrogens is 4. The van der Waals surface area contributed by atoms with Crippen molar-refractivity contribution in [3.05, 3.63) is 71.2 Å². The number of hydrogen-bond acceptors (Lipinski definition) is 6. The summed E-state index contributed by atoms with van der Waals surface area (Å²) < 4.78 is 18.6. The number of carbonyl (C=O) groups excluding carboxylic acids is 1. The zero-order valence-electron chi connectivity index (χ0n) is 17.7. The number of hydrogen-bond donors (Lipinski definition) is 1. The largest absolute Gasteiger partial charge is 0.310 e. The van der Waals surface area contributed by atoms with Crippen LogP contribution >= 0.6 is 23.1 Å². The Morgan fingerprint density at radius 1 is 1.21 bits per heavy atom. The molecule has 0 aliphatic rings. The van der Waals surface area contributed by atoms with Crippen LogP contribution in [-0.4, -0.2) is 30.8 Å². The molecule has 0 unspecified atom stereocenters. The van der Waals surface area contributed by atoms with Crippen LogP contribution in [0.15, 0.2) is 53.7 Å². The molecule has 5 rings (SSSR count). The van der Waals surface area contributed by atoms with Gasteiger partial charge in [0.2, 0.25) is 10.9 Å². The zero-order chi connectivity index (χ0) is 23.1. The minimum absolute atomic E-state index is 0.0717. The van der Waals surface area contributed by atoms with Crippen molar-refractivity contribution in [3.63, 3.8) is 0 Å². The van der Waals surface area contributed by atoms with E-state index in [-0.39, 0.29) is 11.7 Å². The fraction of sp³-hybridized carbons (Fsp3) is 0.130. The van der Waals surface area contributed by atoms with Crippen molar-refractivity contribution in [3.8, 4) is 11.8 Å².